The Morgan fingerprint density at radius 3 is 2.53 bits per heavy atom. The number of hydrogen-bond acceptors (Lipinski definition) is 4. The van der Waals surface area contributed by atoms with Gasteiger partial charge in [0.15, 0.2) is 0 Å². The summed E-state index contributed by atoms with van der Waals surface area (Å²) in [6, 6.07) is 15.2. The van der Waals surface area contributed by atoms with E-state index in [0.717, 1.165) is 5.56 Å². The summed E-state index contributed by atoms with van der Waals surface area (Å²) in [5.74, 6) is 0.678. The van der Waals surface area contributed by atoms with Crippen molar-refractivity contribution in [3.05, 3.63) is 63.6 Å². The van der Waals surface area contributed by atoms with E-state index >= 15 is 0 Å². The zero-order valence-corrected chi connectivity index (χ0v) is 18.3. The summed E-state index contributed by atoms with van der Waals surface area (Å²) < 4.78 is 5.70. The first-order chi connectivity index (χ1) is 14.5. The zero-order chi connectivity index (χ0) is 21.3. The monoisotopic (exact) mass is 444 g/mol. The number of halogens is 2. The molecule has 1 atom stereocenters. The molecule has 1 aliphatic rings. The topological polar surface area (TPSA) is 65.3 Å². The van der Waals surface area contributed by atoms with Crippen LogP contribution in [0.25, 0.3) is 11.6 Å². The first-order valence-electron chi connectivity index (χ1n) is 10.3. The highest BCUT2D eigenvalue weighted by Crippen LogP contribution is 2.27. The van der Waals surface area contributed by atoms with Crippen molar-refractivity contribution in [1.29, 1.82) is 5.26 Å². The molecule has 0 spiro atoms. The first-order valence-corrected chi connectivity index (χ1v) is 11.0. The minimum absolute atomic E-state index is 0.238. The maximum Gasteiger partial charge on any atom is 0.119 e. The second kappa shape index (κ2) is 11.4. The van der Waals surface area contributed by atoms with Gasteiger partial charge in [0, 0.05) is 12.6 Å². The van der Waals surface area contributed by atoms with Crippen molar-refractivity contribution >= 4 is 34.9 Å². The van der Waals surface area contributed by atoms with Crippen molar-refractivity contribution in [3.8, 4) is 11.8 Å². The Labute approximate surface area is 188 Å². The average Bonchev–Trinajstić information content (AvgIpc) is 2.78. The fraction of sp³-hybridized carbons (Fsp3) is 0.375. The zero-order valence-electron chi connectivity index (χ0n) is 16.8. The van der Waals surface area contributed by atoms with Crippen LogP contribution in [-0.4, -0.2) is 30.4 Å². The molecule has 30 heavy (non-hydrogen) atoms. The van der Waals surface area contributed by atoms with Gasteiger partial charge in [0.25, 0.3) is 0 Å². The molecule has 0 aliphatic heterocycles. The van der Waals surface area contributed by atoms with E-state index in [-0.39, 0.29) is 6.61 Å². The highest BCUT2D eigenvalue weighted by molar-refractivity contribution is 6.42. The van der Waals surface area contributed by atoms with Crippen LogP contribution in [0.3, 0.4) is 0 Å². The SMILES string of the molecule is N#C/C(=C\c1ccc(OCC(O)CNC2CCCCC2)cc1)c1ccc(Cl)c(Cl)c1. The van der Waals surface area contributed by atoms with Gasteiger partial charge in [-0.1, -0.05) is 60.7 Å². The highest BCUT2D eigenvalue weighted by atomic mass is 35.5. The maximum absolute atomic E-state index is 10.2. The van der Waals surface area contributed by atoms with Gasteiger partial charge in [-0.3, -0.25) is 0 Å². The summed E-state index contributed by atoms with van der Waals surface area (Å²) in [6.07, 6.45) is 7.47. The van der Waals surface area contributed by atoms with E-state index in [1.165, 1.54) is 32.1 Å². The van der Waals surface area contributed by atoms with Crippen molar-refractivity contribution in [1.82, 2.24) is 5.32 Å². The quantitative estimate of drug-likeness (QED) is 0.403. The van der Waals surface area contributed by atoms with Gasteiger partial charge >= 0.3 is 0 Å². The lowest BCUT2D eigenvalue weighted by Crippen LogP contribution is -2.38. The molecule has 4 nitrogen and oxygen atoms in total. The minimum Gasteiger partial charge on any atom is -0.491 e. The highest BCUT2D eigenvalue weighted by Gasteiger charge is 2.14. The van der Waals surface area contributed by atoms with Crippen molar-refractivity contribution in [2.24, 2.45) is 0 Å². The minimum atomic E-state index is -0.550. The van der Waals surface area contributed by atoms with Crippen LogP contribution in [0.4, 0.5) is 0 Å². The molecule has 2 N–H and O–H groups in total. The van der Waals surface area contributed by atoms with Crippen LogP contribution in [-0.2, 0) is 0 Å². The number of allylic oxidation sites excluding steroid dienone is 1. The number of hydrogen-bond donors (Lipinski definition) is 2. The lowest BCUT2D eigenvalue weighted by molar-refractivity contribution is 0.102. The van der Waals surface area contributed by atoms with Crippen LogP contribution in [0.2, 0.25) is 10.0 Å². The molecule has 0 bridgehead atoms. The van der Waals surface area contributed by atoms with Gasteiger partial charge in [0.1, 0.15) is 18.5 Å². The molecule has 0 heterocycles. The molecular weight excluding hydrogens is 419 g/mol. The molecule has 1 saturated carbocycles. The third-order valence-electron chi connectivity index (χ3n) is 5.23. The summed E-state index contributed by atoms with van der Waals surface area (Å²) >= 11 is 12.0. The average molecular weight is 445 g/mol. The number of aliphatic hydroxyl groups is 1. The van der Waals surface area contributed by atoms with Gasteiger partial charge in [0.05, 0.1) is 21.7 Å². The number of nitrogens with zero attached hydrogens (tertiary/aromatic N) is 1. The molecule has 6 heteroatoms. The molecule has 0 amide bonds. The van der Waals surface area contributed by atoms with E-state index < -0.39 is 6.10 Å². The molecule has 158 valence electrons. The lowest BCUT2D eigenvalue weighted by atomic mass is 9.95. The van der Waals surface area contributed by atoms with Gasteiger partial charge in [-0.25, -0.2) is 0 Å². The summed E-state index contributed by atoms with van der Waals surface area (Å²) in [5, 5.41) is 24.0. The fourth-order valence-corrected chi connectivity index (χ4v) is 3.83. The van der Waals surface area contributed by atoms with Crippen LogP contribution in [0, 0.1) is 11.3 Å². The standard InChI is InChI=1S/C24H26Cl2N2O2/c25-23-11-8-18(13-24(23)26)19(14-27)12-17-6-9-22(10-7-17)30-16-21(29)15-28-20-4-2-1-3-5-20/h6-13,20-21,28-29H,1-5,15-16H2/b19-12+. The second-order valence-electron chi connectivity index (χ2n) is 7.58. The van der Waals surface area contributed by atoms with Gasteiger partial charge in [0.2, 0.25) is 0 Å². The van der Waals surface area contributed by atoms with Crippen LogP contribution in [0.1, 0.15) is 43.2 Å². The predicted octanol–water partition coefficient (Wildman–Crippen LogP) is 5.72. The predicted molar refractivity (Wildman–Crippen MR) is 123 cm³/mol. The number of nitriles is 1. The van der Waals surface area contributed by atoms with Gasteiger partial charge in [-0.05, 0) is 54.3 Å². The van der Waals surface area contributed by atoms with E-state index in [1.54, 1.807) is 24.3 Å². The third-order valence-corrected chi connectivity index (χ3v) is 5.97. The fourth-order valence-electron chi connectivity index (χ4n) is 3.53. The molecule has 1 aliphatic carbocycles. The largest absolute Gasteiger partial charge is 0.491 e. The first kappa shape index (κ1) is 22.7. The van der Waals surface area contributed by atoms with Crippen molar-refractivity contribution in [2.75, 3.05) is 13.2 Å². The van der Waals surface area contributed by atoms with Crippen molar-refractivity contribution < 1.29 is 9.84 Å². The smallest absolute Gasteiger partial charge is 0.119 e. The van der Waals surface area contributed by atoms with Gasteiger partial charge in [-0.15, -0.1) is 0 Å². The van der Waals surface area contributed by atoms with Crippen LogP contribution >= 0.6 is 23.2 Å². The molecule has 3 rings (SSSR count). The lowest BCUT2D eigenvalue weighted by Gasteiger charge is -2.24. The van der Waals surface area contributed by atoms with Crippen LogP contribution in [0.15, 0.2) is 42.5 Å². The normalized spacial score (nSPS) is 16.1. The maximum atomic E-state index is 10.2. The van der Waals surface area contributed by atoms with E-state index in [0.29, 0.717) is 39.5 Å². The summed E-state index contributed by atoms with van der Waals surface area (Å²) in [4.78, 5) is 0. The number of benzene rings is 2. The Bertz CT molecular complexity index is 900. The summed E-state index contributed by atoms with van der Waals surface area (Å²) in [5.41, 5.74) is 2.07. The molecule has 1 unspecified atom stereocenters. The molecule has 2 aromatic rings. The summed E-state index contributed by atoms with van der Waals surface area (Å²) in [6.45, 7) is 0.780. The molecule has 0 radical (unpaired) electrons. The number of rotatable bonds is 8. The Kier molecular flexibility index (Phi) is 8.60. The van der Waals surface area contributed by atoms with E-state index in [1.807, 2.05) is 24.3 Å². The molecular formula is C24H26Cl2N2O2. The Hall–Kier alpha value is -2.03. The third kappa shape index (κ3) is 6.75. The van der Waals surface area contributed by atoms with Crippen molar-refractivity contribution in [3.63, 3.8) is 0 Å². The Morgan fingerprint density at radius 1 is 1.13 bits per heavy atom. The molecule has 0 aromatic heterocycles. The van der Waals surface area contributed by atoms with Gasteiger partial charge in [-0.2, -0.15) is 5.26 Å². The number of aliphatic hydroxyl groups excluding tert-OH is 1. The van der Waals surface area contributed by atoms with Crippen LogP contribution < -0.4 is 10.1 Å². The van der Waals surface area contributed by atoms with Crippen molar-refractivity contribution in [2.45, 2.75) is 44.2 Å². The molecule has 2 aromatic carbocycles. The molecule has 1 fully saturated rings. The summed E-state index contributed by atoms with van der Waals surface area (Å²) in [7, 11) is 0. The Balaban J connectivity index is 1.53. The Morgan fingerprint density at radius 2 is 1.87 bits per heavy atom. The van der Waals surface area contributed by atoms with E-state index in [4.69, 9.17) is 27.9 Å². The second-order valence-corrected chi connectivity index (χ2v) is 8.39. The van der Waals surface area contributed by atoms with Gasteiger partial charge < -0.3 is 15.2 Å². The number of nitrogens with one attached hydrogen (secondary N) is 1. The molecule has 0 saturated heterocycles. The van der Waals surface area contributed by atoms with Crippen LogP contribution in [0.5, 0.6) is 5.75 Å². The van der Waals surface area contributed by atoms with E-state index in [2.05, 4.69) is 11.4 Å². The number of ether oxygens (including phenoxy) is 1. The van der Waals surface area contributed by atoms with E-state index in [9.17, 15) is 10.4 Å².